The molecular formula is C24H27N5O2S. The van der Waals surface area contributed by atoms with Crippen molar-refractivity contribution >= 4 is 22.0 Å². The van der Waals surface area contributed by atoms with Gasteiger partial charge in [-0.05, 0) is 29.8 Å². The van der Waals surface area contributed by atoms with Gasteiger partial charge in [0, 0.05) is 38.3 Å². The standard InChI is InChI=1S/C24H27N5O2S/c1-3-20-25-24-29(26-20)23(30)22(32-24)21(17-7-5-4-6-8-17)28-15-13-27(14-16-28)18-9-11-19(31-2)12-10-18/h4-12,21,30H,3,13-16H2,1-2H3/t21-/m1/s1. The van der Waals surface area contributed by atoms with Crippen molar-refractivity contribution < 1.29 is 9.84 Å². The van der Waals surface area contributed by atoms with Crippen LogP contribution in [-0.4, -0.2) is 57.9 Å². The van der Waals surface area contributed by atoms with Gasteiger partial charge in [-0.3, -0.25) is 4.90 Å². The van der Waals surface area contributed by atoms with E-state index in [1.807, 2.05) is 25.1 Å². The SMILES string of the molecule is CCc1nc2sc([C@@H](c3ccccc3)N3CCN(c4ccc(OC)cc4)CC3)c(O)n2n1. The van der Waals surface area contributed by atoms with Crippen LogP contribution in [0.2, 0.25) is 0 Å². The van der Waals surface area contributed by atoms with Crippen LogP contribution in [0.4, 0.5) is 5.69 Å². The number of piperazine rings is 1. The van der Waals surface area contributed by atoms with Crippen LogP contribution in [0.25, 0.3) is 4.96 Å². The van der Waals surface area contributed by atoms with Crippen LogP contribution in [-0.2, 0) is 6.42 Å². The zero-order chi connectivity index (χ0) is 22.1. The summed E-state index contributed by atoms with van der Waals surface area (Å²) in [5.41, 5.74) is 2.37. The summed E-state index contributed by atoms with van der Waals surface area (Å²) in [7, 11) is 1.69. The topological polar surface area (TPSA) is 66.1 Å². The highest BCUT2D eigenvalue weighted by atomic mass is 32.1. The summed E-state index contributed by atoms with van der Waals surface area (Å²) in [6, 6.07) is 18.6. The molecule has 0 radical (unpaired) electrons. The zero-order valence-electron chi connectivity index (χ0n) is 18.3. The Morgan fingerprint density at radius 3 is 2.38 bits per heavy atom. The summed E-state index contributed by atoms with van der Waals surface area (Å²) in [6.07, 6.45) is 0.749. The molecule has 1 aliphatic rings. The van der Waals surface area contributed by atoms with E-state index in [0.29, 0.717) is 0 Å². The smallest absolute Gasteiger partial charge is 0.230 e. The molecule has 8 heteroatoms. The van der Waals surface area contributed by atoms with Crippen molar-refractivity contribution in [2.45, 2.75) is 19.4 Å². The molecule has 1 aliphatic heterocycles. The fourth-order valence-corrected chi connectivity index (χ4v) is 5.45. The molecule has 2 aromatic carbocycles. The minimum absolute atomic E-state index is 0.0345. The molecule has 1 N–H and O–H groups in total. The lowest BCUT2D eigenvalue weighted by Crippen LogP contribution is -2.47. The maximum Gasteiger partial charge on any atom is 0.230 e. The van der Waals surface area contributed by atoms with E-state index in [-0.39, 0.29) is 11.9 Å². The Morgan fingerprint density at radius 2 is 1.75 bits per heavy atom. The van der Waals surface area contributed by atoms with Crippen LogP contribution in [0, 0.1) is 0 Å². The van der Waals surface area contributed by atoms with Crippen LogP contribution in [0.5, 0.6) is 11.6 Å². The highest BCUT2D eigenvalue weighted by molar-refractivity contribution is 7.17. The molecule has 0 amide bonds. The highest BCUT2D eigenvalue weighted by Gasteiger charge is 2.31. The van der Waals surface area contributed by atoms with Gasteiger partial charge in [-0.15, -0.1) is 5.10 Å². The first-order valence-corrected chi connectivity index (χ1v) is 11.7. The normalized spacial score (nSPS) is 15.9. The second-order valence-electron chi connectivity index (χ2n) is 7.90. The lowest BCUT2D eigenvalue weighted by Gasteiger charge is -2.40. The summed E-state index contributed by atoms with van der Waals surface area (Å²) >= 11 is 1.53. The van der Waals surface area contributed by atoms with Gasteiger partial charge >= 0.3 is 0 Å². The maximum atomic E-state index is 11.1. The van der Waals surface area contributed by atoms with E-state index in [1.165, 1.54) is 22.6 Å². The van der Waals surface area contributed by atoms with Crippen molar-refractivity contribution in [2.75, 3.05) is 38.2 Å². The van der Waals surface area contributed by atoms with E-state index < -0.39 is 0 Å². The molecule has 7 nitrogen and oxygen atoms in total. The first-order valence-electron chi connectivity index (χ1n) is 10.9. The fraction of sp³-hybridized carbons (Fsp3) is 0.333. The van der Waals surface area contributed by atoms with Gasteiger partial charge in [-0.2, -0.15) is 4.52 Å². The van der Waals surface area contributed by atoms with E-state index in [1.54, 1.807) is 11.6 Å². The van der Waals surface area contributed by atoms with Gasteiger partial charge in [-0.25, -0.2) is 4.98 Å². The average Bonchev–Trinajstić information content (AvgIpc) is 3.39. The molecule has 166 valence electrons. The molecule has 0 aliphatic carbocycles. The summed E-state index contributed by atoms with van der Waals surface area (Å²) in [5.74, 6) is 1.82. The van der Waals surface area contributed by atoms with Gasteiger partial charge in [0.05, 0.1) is 18.0 Å². The van der Waals surface area contributed by atoms with Crippen LogP contribution in [0.3, 0.4) is 0 Å². The molecule has 4 aromatic rings. The van der Waals surface area contributed by atoms with E-state index in [4.69, 9.17) is 4.74 Å². The van der Waals surface area contributed by atoms with Crippen molar-refractivity contribution in [1.82, 2.24) is 19.5 Å². The van der Waals surface area contributed by atoms with Crippen LogP contribution >= 0.6 is 11.3 Å². The first kappa shape index (κ1) is 20.8. The Morgan fingerprint density at radius 1 is 1.03 bits per heavy atom. The van der Waals surface area contributed by atoms with Crippen LogP contribution in [0.1, 0.15) is 29.2 Å². The number of benzene rings is 2. The van der Waals surface area contributed by atoms with Gasteiger partial charge in [0.2, 0.25) is 10.8 Å². The second kappa shape index (κ2) is 8.80. The van der Waals surface area contributed by atoms with Gasteiger partial charge in [-0.1, -0.05) is 48.6 Å². The van der Waals surface area contributed by atoms with Crippen LogP contribution in [0.15, 0.2) is 54.6 Å². The maximum absolute atomic E-state index is 11.1. The van der Waals surface area contributed by atoms with Crippen molar-refractivity contribution in [3.05, 3.63) is 70.9 Å². The van der Waals surface area contributed by atoms with Crippen molar-refractivity contribution in [2.24, 2.45) is 0 Å². The van der Waals surface area contributed by atoms with Gasteiger partial charge in [0.1, 0.15) is 5.75 Å². The van der Waals surface area contributed by atoms with Crippen molar-refractivity contribution in [3.8, 4) is 11.6 Å². The second-order valence-corrected chi connectivity index (χ2v) is 8.91. The minimum Gasteiger partial charge on any atom is -0.497 e. The quantitative estimate of drug-likeness (QED) is 0.480. The zero-order valence-corrected chi connectivity index (χ0v) is 19.1. The molecule has 1 atom stereocenters. The minimum atomic E-state index is -0.0345. The molecule has 32 heavy (non-hydrogen) atoms. The van der Waals surface area contributed by atoms with Gasteiger partial charge in [0.25, 0.3) is 0 Å². The molecule has 0 unspecified atom stereocenters. The molecule has 0 bridgehead atoms. The van der Waals surface area contributed by atoms with E-state index >= 15 is 0 Å². The number of thiazole rings is 1. The number of rotatable bonds is 6. The van der Waals surface area contributed by atoms with E-state index in [0.717, 1.165) is 54.0 Å². The van der Waals surface area contributed by atoms with Crippen LogP contribution < -0.4 is 9.64 Å². The van der Waals surface area contributed by atoms with E-state index in [9.17, 15) is 5.11 Å². The monoisotopic (exact) mass is 449 g/mol. The molecule has 3 heterocycles. The number of hydrogen-bond donors (Lipinski definition) is 1. The predicted molar refractivity (Wildman–Crippen MR) is 127 cm³/mol. The summed E-state index contributed by atoms with van der Waals surface area (Å²) in [6.45, 7) is 5.62. The molecule has 0 saturated carbocycles. The number of anilines is 1. The summed E-state index contributed by atoms with van der Waals surface area (Å²) in [5, 5.41) is 15.5. The largest absolute Gasteiger partial charge is 0.497 e. The molecule has 2 aromatic heterocycles. The number of aryl methyl sites for hydroxylation is 1. The molecule has 1 fully saturated rings. The number of aromatic hydroxyl groups is 1. The number of hydrogen-bond acceptors (Lipinski definition) is 7. The van der Waals surface area contributed by atoms with Gasteiger partial charge < -0.3 is 14.7 Å². The Labute approximate surface area is 191 Å². The number of aromatic nitrogens is 3. The Hall–Kier alpha value is -3.10. The Kier molecular flexibility index (Phi) is 5.71. The molecule has 1 saturated heterocycles. The third-order valence-electron chi connectivity index (χ3n) is 6.04. The summed E-state index contributed by atoms with van der Waals surface area (Å²) in [4.78, 5) is 11.1. The summed E-state index contributed by atoms with van der Waals surface area (Å²) < 4.78 is 6.87. The van der Waals surface area contributed by atoms with Crippen molar-refractivity contribution in [1.29, 1.82) is 0 Å². The first-order chi connectivity index (χ1) is 15.7. The number of nitrogens with zero attached hydrogens (tertiary/aromatic N) is 5. The lowest BCUT2D eigenvalue weighted by atomic mass is 10.0. The number of ether oxygens (including phenoxy) is 1. The number of fused-ring (bicyclic) bond motifs is 1. The third kappa shape index (κ3) is 3.80. The predicted octanol–water partition coefficient (Wildman–Crippen LogP) is 3.98. The van der Waals surface area contributed by atoms with E-state index in [2.05, 4.69) is 56.3 Å². The Bertz CT molecular complexity index is 1180. The molecular weight excluding hydrogens is 422 g/mol. The molecule has 0 spiro atoms. The third-order valence-corrected chi connectivity index (χ3v) is 7.11. The molecule has 5 rings (SSSR count). The van der Waals surface area contributed by atoms with Gasteiger partial charge in [0.15, 0.2) is 5.82 Å². The average molecular weight is 450 g/mol. The fourth-order valence-electron chi connectivity index (χ4n) is 4.31. The Balaban J connectivity index is 1.42. The number of methoxy groups -OCH3 is 1. The highest BCUT2D eigenvalue weighted by Crippen LogP contribution is 2.40. The van der Waals surface area contributed by atoms with Crippen molar-refractivity contribution in [3.63, 3.8) is 0 Å². The lowest BCUT2D eigenvalue weighted by molar-refractivity contribution is 0.211.